The Morgan fingerprint density at radius 1 is 1.06 bits per heavy atom. The molecule has 33 heavy (non-hydrogen) atoms. The minimum absolute atomic E-state index is 0.0468. The summed E-state index contributed by atoms with van der Waals surface area (Å²) >= 11 is 0. The van der Waals surface area contributed by atoms with Crippen LogP contribution in [0.3, 0.4) is 0 Å². The second kappa shape index (κ2) is 11.0. The number of nitrogens with one attached hydrogen (secondary N) is 1. The van der Waals surface area contributed by atoms with Crippen molar-refractivity contribution in [2.45, 2.75) is 31.8 Å². The van der Waals surface area contributed by atoms with E-state index >= 15 is 0 Å². The Balaban J connectivity index is 1.70. The average Bonchev–Trinajstić information content (AvgIpc) is 3.36. The Morgan fingerprint density at radius 3 is 2.42 bits per heavy atom. The van der Waals surface area contributed by atoms with Crippen molar-refractivity contribution in [3.63, 3.8) is 0 Å². The molecular formula is C24H28N2O6S. The van der Waals surface area contributed by atoms with Gasteiger partial charge in [0.25, 0.3) is 5.91 Å². The van der Waals surface area contributed by atoms with Gasteiger partial charge in [-0.05, 0) is 67.9 Å². The van der Waals surface area contributed by atoms with Crippen LogP contribution >= 0.6 is 0 Å². The van der Waals surface area contributed by atoms with Gasteiger partial charge in [-0.2, -0.15) is 0 Å². The number of amides is 1. The molecule has 1 N–H and O–H groups in total. The van der Waals surface area contributed by atoms with Gasteiger partial charge in [0.05, 0.1) is 31.4 Å². The van der Waals surface area contributed by atoms with Crippen LogP contribution in [0.15, 0.2) is 70.2 Å². The van der Waals surface area contributed by atoms with Crippen molar-refractivity contribution in [1.82, 2.24) is 9.62 Å². The minimum atomic E-state index is -3.73. The van der Waals surface area contributed by atoms with E-state index in [4.69, 9.17) is 13.9 Å². The summed E-state index contributed by atoms with van der Waals surface area (Å²) in [6, 6.07) is 14.8. The van der Waals surface area contributed by atoms with Gasteiger partial charge in [-0.25, -0.2) is 13.1 Å². The predicted octanol–water partition coefficient (Wildman–Crippen LogP) is 3.83. The zero-order valence-electron chi connectivity index (χ0n) is 18.9. The lowest BCUT2D eigenvalue weighted by Crippen LogP contribution is -2.30. The van der Waals surface area contributed by atoms with E-state index in [2.05, 4.69) is 4.72 Å². The maximum atomic E-state index is 13.0. The van der Waals surface area contributed by atoms with E-state index in [1.807, 2.05) is 32.0 Å². The lowest BCUT2D eigenvalue weighted by Gasteiger charge is -2.22. The molecule has 2 aromatic carbocycles. The number of furan rings is 1. The Morgan fingerprint density at radius 2 is 1.82 bits per heavy atom. The van der Waals surface area contributed by atoms with Crippen LogP contribution in [-0.4, -0.2) is 39.5 Å². The van der Waals surface area contributed by atoms with E-state index in [0.29, 0.717) is 42.5 Å². The van der Waals surface area contributed by atoms with Crippen LogP contribution in [0.4, 0.5) is 0 Å². The molecule has 0 bridgehead atoms. The molecular weight excluding hydrogens is 444 g/mol. The zero-order valence-corrected chi connectivity index (χ0v) is 19.7. The maximum Gasteiger partial charge on any atom is 0.254 e. The van der Waals surface area contributed by atoms with Gasteiger partial charge >= 0.3 is 0 Å². The first kappa shape index (κ1) is 24.3. The van der Waals surface area contributed by atoms with Gasteiger partial charge in [-0.15, -0.1) is 0 Å². The van der Waals surface area contributed by atoms with Crippen molar-refractivity contribution < 1.29 is 27.1 Å². The number of methoxy groups -OCH3 is 1. The van der Waals surface area contributed by atoms with E-state index in [1.165, 1.54) is 30.5 Å². The molecule has 1 heterocycles. The highest BCUT2D eigenvalue weighted by Gasteiger charge is 2.19. The van der Waals surface area contributed by atoms with Gasteiger partial charge in [0.15, 0.2) is 11.5 Å². The predicted molar refractivity (Wildman–Crippen MR) is 124 cm³/mol. The smallest absolute Gasteiger partial charge is 0.254 e. The first-order valence-electron chi connectivity index (χ1n) is 10.6. The summed E-state index contributed by atoms with van der Waals surface area (Å²) in [6.07, 6.45) is 1.48. The van der Waals surface area contributed by atoms with Crippen LogP contribution in [0, 0.1) is 0 Å². The van der Waals surface area contributed by atoms with Gasteiger partial charge in [0.2, 0.25) is 10.0 Å². The molecule has 8 nitrogen and oxygen atoms in total. The van der Waals surface area contributed by atoms with Crippen molar-refractivity contribution in [1.29, 1.82) is 0 Å². The molecule has 0 aliphatic carbocycles. The lowest BCUT2D eigenvalue weighted by atomic mass is 10.1. The molecule has 3 aromatic rings. The SMILES string of the molecule is CCOc1ccc(CN(CC)C(=O)c2ccc(S(=O)(=O)NCc3ccco3)cc2)cc1OC. The topological polar surface area (TPSA) is 98.1 Å². The third kappa shape index (κ3) is 6.15. The van der Waals surface area contributed by atoms with E-state index in [9.17, 15) is 13.2 Å². The molecule has 0 unspecified atom stereocenters. The second-order valence-corrected chi connectivity index (χ2v) is 8.93. The molecule has 0 saturated heterocycles. The second-order valence-electron chi connectivity index (χ2n) is 7.17. The van der Waals surface area contributed by atoms with Crippen LogP contribution in [-0.2, 0) is 23.1 Å². The van der Waals surface area contributed by atoms with Crippen molar-refractivity contribution in [2.75, 3.05) is 20.3 Å². The Labute approximate surface area is 194 Å². The number of carbonyl (C=O) groups excluding carboxylic acids is 1. The summed E-state index contributed by atoms with van der Waals surface area (Å²) in [5, 5.41) is 0. The third-order valence-electron chi connectivity index (χ3n) is 5.00. The van der Waals surface area contributed by atoms with Crippen LogP contribution < -0.4 is 14.2 Å². The van der Waals surface area contributed by atoms with Crippen LogP contribution in [0.2, 0.25) is 0 Å². The third-order valence-corrected chi connectivity index (χ3v) is 6.42. The molecule has 1 aromatic heterocycles. The summed E-state index contributed by atoms with van der Waals surface area (Å²) in [7, 11) is -2.16. The summed E-state index contributed by atoms with van der Waals surface area (Å²) in [5.41, 5.74) is 1.30. The molecule has 1 amide bonds. The lowest BCUT2D eigenvalue weighted by molar-refractivity contribution is 0.0752. The molecule has 0 saturated carbocycles. The fourth-order valence-electron chi connectivity index (χ4n) is 3.25. The fourth-order valence-corrected chi connectivity index (χ4v) is 4.25. The number of rotatable bonds is 11. The van der Waals surface area contributed by atoms with Crippen molar-refractivity contribution in [3.05, 3.63) is 77.7 Å². The minimum Gasteiger partial charge on any atom is -0.493 e. The molecule has 0 spiro atoms. The largest absolute Gasteiger partial charge is 0.493 e. The van der Waals surface area contributed by atoms with E-state index in [0.717, 1.165) is 5.56 Å². The molecule has 0 aliphatic heterocycles. The number of benzene rings is 2. The van der Waals surface area contributed by atoms with Crippen molar-refractivity contribution in [3.8, 4) is 11.5 Å². The summed E-state index contributed by atoms with van der Waals surface area (Å²) in [6.45, 7) is 5.23. The van der Waals surface area contributed by atoms with Crippen molar-refractivity contribution in [2.24, 2.45) is 0 Å². The molecule has 0 fully saturated rings. The Bertz CT molecular complexity index is 1160. The van der Waals surface area contributed by atoms with Gasteiger partial charge < -0.3 is 18.8 Å². The van der Waals surface area contributed by atoms with Crippen LogP contribution in [0.1, 0.15) is 35.5 Å². The number of hydrogen-bond acceptors (Lipinski definition) is 6. The molecule has 0 aliphatic rings. The highest BCUT2D eigenvalue weighted by molar-refractivity contribution is 7.89. The highest BCUT2D eigenvalue weighted by atomic mass is 32.2. The van der Waals surface area contributed by atoms with Gasteiger partial charge in [0.1, 0.15) is 5.76 Å². The number of nitrogens with zero attached hydrogens (tertiary/aromatic N) is 1. The van der Waals surface area contributed by atoms with Gasteiger partial charge in [0, 0.05) is 18.7 Å². The Kier molecular flexibility index (Phi) is 8.13. The summed E-state index contributed by atoms with van der Waals surface area (Å²) < 4.78 is 43.6. The quantitative estimate of drug-likeness (QED) is 0.456. The van der Waals surface area contributed by atoms with E-state index in [-0.39, 0.29) is 17.3 Å². The number of sulfonamides is 1. The molecule has 3 rings (SSSR count). The molecule has 176 valence electrons. The van der Waals surface area contributed by atoms with E-state index in [1.54, 1.807) is 24.1 Å². The Hall–Kier alpha value is -3.30. The zero-order chi connectivity index (χ0) is 23.8. The van der Waals surface area contributed by atoms with Crippen LogP contribution in [0.25, 0.3) is 0 Å². The number of ether oxygens (including phenoxy) is 2. The van der Waals surface area contributed by atoms with Crippen LogP contribution in [0.5, 0.6) is 11.5 Å². The number of carbonyl (C=O) groups is 1. The van der Waals surface area contributed by atoms with Crippen molar-refractivity contribution >= 4 is 15.9 Å². The van der Waals surface area contributed by atoms with Gasteiger partial charge in [-0.1, -0.05) is 6.07 Å². The molecule has 9 heteroatoms. The van der Waals surface area contributed by atoms with Gasteiger partial charge in [-0.3, -0.25) is 4.79 Å². The monoisotopic (exact) mass is 472 g/mol. The number of hydrogen-bond donors (Lipinski definition) is 1. The highest BCUT2D eigenvalue weighted by Crippen LogP contribution is 2.28. The van der Waals surface area contributed by atoms with E-state index < -0.39 is 10.0 Å². The fraction of sp³-hybridized carbons (Fsp3) is 0.292. The normalized spacial score (nSPS) is 11.2. The maximum absolute atomic E-state index is 13.0. The molecule has 0 atom stereocenters. The summed E-state index contributed by atoms with van der Waals surface area (Å²) in [4.78, 5) is 14.8. The summed E-state index contributed by atoms with van der Waals surface area (Å²) in [5.74, 6) is 1.57. The average molecular weight is 473 g/mol. The first-order chi connectivity index (χ1) is 15.9. The standard InChI is InChI=1S/C24H28N2O6S/c1-4-26(17-18-8-13-22(31-5-2)23(15-18)30-3)24(27)19-9-11-21(12-10-19)33(28,29)25-16-20-7-6-14-32-20/h6-15,25H,4-5,16-17H2,1-3H3. The molecule has 0 radical (unpaired) electrons. The first-order valence-corrected chi connectivity index (χ1v) is 12.1.